The number of nitrogens with zero attached hydrogens (tertiary/aromatic N) is 1. The molecule has 5 heteroatoms. The number of aromatic nitrogens is 2. The molecule has 84 valence electrons. The zero-order valence-corrected chi connectivity index (χ0v) is 8.82. The van der Waals surface area contributed by atoms with Gasteiger partial charge in [0, 0.05) is 24.9 Å². The first-order valence-electron chi connectivity index (χ1n) is 5.06. The Morgan fingerprint density at radius 2 is 2.07 bits per heavy atom. The number of H-pyrrole nitrogens is 1. The SMILES string of the molecule is Cc1cn(CCCCCO)c(=O)[nH]c1=O. The summed E-state index contributed by atoms with van der Waals surface area (Å²) in [6.07, 6.45) is 4.02. The molecule has 0 amide bonds. The van der Waals surface area contributed by atoms with Gasteiger partial charge in [-0.2, -0.15) is 0 Å². The van der Waals surface area contributed by atoms with Crippen molar-refractivity contribution in [3.05, 3.63) is 32.6 Å². The van der Waals surface area contributed by atoms with E-state index in [0.29, 0.717) is 12.1 Å². The average Bonchev–Trinajstić information content (AvgIpc) is 2.20. The van der Waals surface area contributed by atoms with Gasteiger partial charge in [-0.1, -0.05) is 0 Å². The quantitative estimate of drug-likeness (QED) is 0.675. The van der Waals surface area contributed by atoms with Crippen LogP contribution in [0.2, 0.25) is 0 Å². The van der Waals surface area contributed by atoms with Gasteiger partial charge in [0.15, 0.2) is 0 Å². The summed E-state index contributed by atoms with van der Waals surface area (Å²) in [5.74, 6) is 0. The number of hydrogen-bond acceptors (Lipinski definition) is 3. The zero-order valence-electron chi connectivity index (χ0n) is 8.82. The van der Waals surface area contributed by atoms with E-state index in [1.54, 1.807) is 13.1 Å². The highest BCUT2D eigenvalue weighted by Gasteiger charge is 1.99. The first-order chi connectivity index (χ1) is 7.15. The molecule has 1 aromatic rings. The summed E-state index contributed by atoms with van der Waals surface area (Å²) in [7, 11) is 0. The molecule has 2 N–H and O–H groups in total. The van der Waals surface area contributed by atoms with E-state index in [9.17, 15) is 9.59 Å². The van der Waals surface area contributed by atoms with Crippen molar-refractivity contribution in [1.82, 2.24) is 9.55 Å². The normalized spacial score (nSPS) is 10.5. The van der Waals surface area contributed by atoms with Crippen LogP contribution in [0, 0.1) is 6.92 Å². The van der Waals surface area contributed by atoms with Gasteiger partial charge in [-0.25, -0.2) is 4.79 Å². The van der Waals surface area contributed by atoms with Crippen molar-refractivity contribution < 1.29 is 5.11 Å². The number of aromatic amines is 1. The largest absolute Gasteiger partial charge is 0.396 e. The predicted molar refractivity (Wildman–Crippen MR) is 57.0 cm³/mol. The molecular weight excluding hydrogens is 196 g/mol. The van der Waals surface area contributed by atoms with Crippen LogP contribution in [0.4, 0.5) is 0 Å². The predicted octanol–water partition coefficient (Wildman–Crippen LogP) is 0.00762. The molecule has 1 rings (SSSR count). The van der Waals surface area contributed by atoms with Gasteiger partial charge in [0.05, 0.1) is 0 Å². The number of aryl methyl sites for hydroxylation is 2. The molecule has 0 unspecified atom stereocenters. The van der Waals surface area contributed by atoms with Crippen molar-refractivity contribution in [2.24, 2.45) is 0 Å². The highest BCUT2D eigenvalue weighted by Crippen LogP contribution is 1.96. The van der Waals surface area contributed by atoms with Crippen LogP contribution in [-0.4, -0.2) is 21.3 Å². The summed E-state index contributed by atoms with van der Waals surface area (Å²) in [4.78, 5) is 24.6. The molecule has 0 fully saturated rings. The van der Waals surface area contributed by atoms with Crippen molar-refractivity contribution in [1.29, 1.82) is 0 Å². The summed E-state index contributed by atoms with van der Waals surface area (Å²) in [5, 5.41) is 8.58. The Hall–Kier alpha value is -1.36. The van der Waals surface area contributed by atoms with E-state index in [4.69, 9.17) is 5.11 Å². The third-order valence-corrected chi connectivity index (χ3v) is 2.25. The van der Waals surface area contributed by atoms with Gasteiger partial charge in [0.1, 0.15) is 0 Å². The fourth-order valence-corrected chi connectivity index (χ4v) is 1.36. The summed E-state index contributed by atoms with van der Waals surface area (Å²) in [6.45, 7) is 2.43. The molecule has 0 aliphatic carbocycles. The van der Waals surface area contributed by atoms with Gasteiger partial charge in [-0.15, -0.1) is 0 Å². The maximum atomic E-state index is 11.3. The van der Waals surface area contributed by atoms with Crippen LogP contribution in [-0.2, 0) is 6.54 Å². The van der Waals surface area contributed by atoms with E-state index in [2.05, 4.69) is 4.98 Å². The van der Waals surface area contributed by atoms with Crippen molar-refractivity contribution in [2.45, 2.75) is 32.7 Å². The maximum absolute atomic E-state index is 11.3. The van der Waals surface area contributed by atoms with Crippen molar-refractivity contribution in [2.75, 3.05) is 6.61 Å². The Morgan fingerprint density at radius 1 is 1.33 bits per heavy atom. The molecule has 1 aromatic heterocycles. The zero-order chi connectivity index (χ0) is 11.3. The molecule has 15 heavy (non-hydrogen) atoms. The molecule has 0 atom stereocenters. The van der Waals surface area contributed by atoms with Crippen LogP contribution < -0.4 is 11.2 Å². The molecule has 0 aliphatic rings. The molecule has 0 spiro atoms. The van der Waals surface area contributed by atoms with Crippen LogP contribution in [0.15, 0.2) is 15.8 Å². The minimum atomic E-state index is -0.366. The lowest BCUT2D eigenvalue weighted by Gasteiger charge is -2.04. The Labute approximate surface area is 87.4 Å². The van der Waals surface area contributed by atoms with Crippen molar-refractivity contribution in [3.8, 4) is 0 Å². The van der Waals surface area contributed by atoms with E-state index in [0.717, 1.165) is 19.3 Å². The summed E-state index contributed by atoms with van der Waals surface area (Å²) in [5.41, 5.74) is -0.155. The summed E-state index contributed by atoms with van der Waals surface area (Å²) < 4.78 is 1.49. The topological polar surface area (TPSA) is 75.1 Å². The Bertz CT molecular complexity index is 419. The number of nitrogens with one attached hydrogen (secondary N) is 1. The monoisotopic (exact) mass is 212 g/mol. The molecule has 0 bridgehead atoms. The van der Waals surface area contributed by atoms with Crippen LogP contribution in [0.25, 0.3) is 0 Å². The molecule has 0 aliphatic heterocycles. The third-order valence-electron chi connectivity index (χ3n) is 2.25. The molecule has 0 aromatic carbocycles. The molecular formula is C10H16N2O3. The van der Waals surface area contributed by atoms with Gasteiger partial charge in [-0.3, -0.25) is 9.78 Å². The fourth-order valence-electron chi connectivity index (χ4n) is 1.36. The minimum Gasteiger partial charge on any atom is -0.396 e. The Balaban J connectivity index is 2.66. The average molecular weight is 212 g/mol. The fraction of sp³-hybridized carbons (Fsp3) is 0.600. The number of aliphatic hydroxyl groups excluding tert-OH is 1. The second-order valence-corrected chi connectivity index (χ2v) is 3.55. The molecule has 1 heterocycles. The van der Waals surface area contributed by atoms with E-state index in [-0.39, 0.29) is 17.9 Å². The van der Waals surface area contributed by atoms with E-state index >= 15 is 0 Å². The number of hydrogen-bond donors (Lipinski definition) is 2. The number of aliphatic hydroxyl groups is 1. The summed E-state index contributed by atoms with van der Waals surface area (Å²) in [6, 6.07) is 0. The number of rotatable bonds is 5. The van der Waals surface area contributed by atoms with Gasteiger partial charge >= 0.3 is 5.69 Å². The Morgan fingerprint density at radius 3 is 2.73 bits per heavy atom. The van der Waals surface area contributed by atoms with Crippen LogP contribution in [0.3, 0.4) is 0 Å². The maximum Gasteiger partial charge on any atom is 0.328 e. The Kier molecular flexibility index (Phi) is 4.30. The molecule has 0 saturated heterocycles. The lowest BCUT2D eigenvalue weighted by atomic mass is 10.2. The first-order valence-corrected chi connectivity index (χ1v) is 5.06. The molecule has 5 nitrogen and oxygen atoms in total. The molecule has 0 radical (unpaired) electrons. The van der Waals surface area contributed by atoms with Crippen molar-refractivity contribution >= 4 is 0 Å². The second kappa shape index (κ2) is 5.50. The smallest absolute Gasteiger partial charge is 0.328 e. The third kappa shape index (κ3) is 3.36. The van der Waals surface area contributed by atoms with Gasteiger partial charge < -0.3 is 9.67 Å². The van der Waals surface area contributed by atoms with Gasteiger partial charge in [0.25, 0.3) is 5.56 Å². The van der Waals surface area contributed by atoms with Crippen molar-refractivity contribution in [3.63, 3.8) is 0 Å². The highest BCUT2D eigenvalue weighted by atomic mass is 16.3. The lowest BCUT2D eigenvalue weighted by molar-refractivity contribution is 0.281. The van der Waals surface area contributed by atoms with Crippen LogP contribution in [0.5, 0.6) is 0 Å². The first kappa shape index (κ1) is 11.7. The van der Waals surface area contributed by atoms with Crippen LogP contribution in [0.1, 0.15) is 24.8 Å². The standard InChI is InChI=1S/C10H16N2O3/c1-8-7-12(5-3-2-4-6-13)10(15)11-9(8)14/h7,13H,2-6H2,1H3,(H,11,14,15). The summed E-state index contributed by atoms with van der Waals surface area (Å²) >= 11 is 0. The van der Waals surface area contributed by atoms with E-state index in [1.165, 1.54) is 4.57 Å². The van der Waals surface area contributed by atoms with Crippen LogP contribution >= 0.6 is 0 Å². The molecule has 0 saturated carbocycles. The lowest BCUT2D eigenvalue weighted by Crippen LogP contribution is -2.30. The van der Waals surface area contributed by atoms with Gasteiger partial charge in [0.2, 0.25) is 0 Å². The van der Waals surface area contributed by atoms with E-state index < -0.39 is 0 Å². The van der Waals surface area contributed by atoms with Gasteiger partial charge in [-0.05, 0) is 26.2 Å². The number of unbranched alkanes of at least 4 members (excludes halogenated alkanes) is 2. The van der Waals surface area contributed by atoms with E-state index in [1.807, 2.05) is 0 Å². The second-order valence-electron chi connectivity index (χ2n) is 3.55. The minimum absolute atomic E-state index is 0.180. The highest BCUT2D eigenvalue weighted by molar-refractivity contribution is 5.00.